The van der Waals surface area contributed by atoms with Gasteiger partial charge in [0.2, 0.25) is 5.78 Å². The summed E-state index contributed by atoms with van der Waals surface area (Å²) < 4.78 is 4.90. The molecular formula is C10H10O2. The molecule has 0 saturated heterocycles. The van der Waals surface area contributed by atoms with E-state index < -0.39 is 0 Å². The van der Waals surface area contributed by atoms with Crippen LogP contribution in [0, 0.1) is 0 Å². The maximum Gasteiger partial charge on any atom is 0.220 e. The normalized spacial score (nSPS) is 11.4. The fourth-order valence-electron chi connectivity index (χ4n) is 0.755. The van der Waals surface area contributed by atoms with Gasteiger partial charge in [-0.25, -0.2) is 0 Å². The number of ketones is 1. The van der Waals surface area contributed by atoms with Crippen molar-refractivity contribution in [2.75, 3.05) is 0 Å². The summed E-state index contributed by atoms with van der Waals surface area (Å²) in [6.45, 7) is 1.89. The van der Waals surface area contributed by atoms with E-state index in [1.807, 2.05) is 13.0 Å². The number of carbonyl (C=O) groups excluding carboxylic acids is 1. The van der Waals surface area contributed by atoms with Crippen molar-refractivity contribution >= 4 is 5.78 Å². The predicted molar refractivity (Wildman–Crippen MR) is 47.0 cm³/mol. The Hall–Kier alpha value is -1.57. The van der Waals surface area contributed by atoms with Crippen LogP contribution in [0.3, 0.4) is 0 Å². The van der Waals surface area contributed by atoms with Gasteiger partial charge in [-0.3, -0.25) is 4.79 Å². The maximum atomic E-state index is 11.2. The van der Waals surface area contributed by atoms with E-state index in [1.54, 1.807) is 24.3 Å². The molecule has 1 aromatic rings. The number of carbonyl (C=O) groups is 1. The molecule has 0 amide bonds. The van der Waals surface area contributed by atoms with E-state index in [-0.39, 0.29) is 5.78 Å². The lowest BCUT2D eigenvalue weighted by Crippen LogP contribution is -1.89. The van der Waals surface area contributed by atoms with Gasteiger partial charge < -0.3 is 4.42 Å². The summed E-state index contributed by atoms with van der Waals surface area (Å²) in [5.74, 6) is 0.258. The topological polar surface area (TPSA) is 30.2 Å². The van der Waals surface area contributed by atoms with E-state index in [0.717, 1.165) is 0 Å². The monoisotopic (exact) mass is 162 g/mol. The summed E-state index contributed by atoms with van der Waals surface area (Å²) in [5, 5.41) is 0. The highest BCUT2D eigenvalue weighted by atomic mass is 16.3. The molecule has 0 radical (unpaired) electrons. The molecule has 2 heteroatoms. The predicted octanol–water partition coefficient (Wildman–Crippen LogP) is 2.59. The summed E-state index contributed by atoms with van der Waals surface area (Å²) in [6, 6.07) is 3.33. The molecule has 0 fully saturated rings. The molecule has 0 bridgehead atoms. The van der Waals surface area contributed by atoms with Crippen LogP contribution in [-0.4, -0.2) is 5.78 Å². The SMILES string of the molecule is C/C=C/C=C/C(=O)c1ccco1. The first-order valence-corrected chi connectivity index (χ1v) is 3.72. The molecule has 2 nitrogen and oxygen atoms in total. The van der Waals surface area contributed by atoms with E-state index in [2.05, 4.69) is 0 Å². The Morgan fingerprint density at radius 1 is 1.50 bits per heavy atom. The van der Waals surface area contributed by atoms with Crippen LogP contribution in [0.2, 0.25) is 0 Å². The van der Waals surface area contributed by atoms with Crippen molar-refractivity contribution < 1.29 is 9.21 Å². The molecule has 0 aliphatic carbocycles. The number of hydrogen-bond acceptors (Lipinski definition) is 2. The molecule has 0 aliphatic heterocycles. The van der Waals surface area contributed by atoms with Gasteiger partial charge in [-0.05, 0) is 25.1 Å². The standard InChI is InChI=1S/C10H10O2/c1-2-3-4-6-9(11)10-7-5-8-12-10/h2-8H,1H3/b3-2+,6-4+. The van der Waals surface area contributed by atoms with Gasteiger partial charge in [0.1, 0.15) is 0 Å². The second-order valence-electron chi connectivity index (χ2n) is 2.23. The van der Waals surface area contributed by atoms with Gasteiger partial charge in [0.05, 0.1) is 6.26 Å². The number of rotatable bonds is 3. The molecule has 0 unspecified atom stereocenters. The van der Waals surface area contributed by atoms with Crippen molar-refractivity contribution in [3.05, 3.63) is 48.5 Å². The Labute approximate surface area is 71.2 Å². The minimum Gasteiger partial charge on any atom is -0.461 e. The number of allylic oxidation sites excluding steroid dienone is 4. The van der Waals surface area contributed by atoms with Crippen LogP contribution in [0.15, 0.2) is 47.1 Å². The van der Waals surface area contributed by atoms with Crippen molar-refractivity contribution in [2.24, 2.45) is 0 Å². The zero-order chi connectivity index (χ0) is 8.81. The third kappa shape index (κ3) is 2.23. The average Bonchev–Trinajstić information content (AvgIpc) is 2.56. The lowest BCUT2D eigenvalue weighted by atomic mass is 10.3. The Kier molecular flexibility index (Phi) is 3.08. The van der Waals surface area contributed by atoms with Crippen molar-refractivity contribution in [1.29, 1.82) is 0 Å². The van der Waals surface area contributed by atoms with Crippen molar-refractivity contribution in [3.63, 3.8) is 0 Å². The van der Waals surface area contributed by atoms with E-state index in [0.29, 0.717) is 5.76 Å². The first-order chi connectivity index (χ1) is 5.84. The van der Waals surface area contributed by atoms with Crippen LogP contribution < -0.4 is 0 Å². The summed E-state index contributed by atoms with van der Waals surface area (Å²) >= 11 is 0. The summed E-state index contributed by atoms with van der Waals surface area (Å²) in [6.07, 6.45) is 8.28. The minimum atomic E-state index is -0.113. The van der Waals surface area contributed by atoms with Gasteiger partial charge in [-0.15, -0.1) is 0 Å². The molecular weight excluding hydrogens is 152 g/mol. The maximum absolute atomic E-state index is 11.2. The highest BCUT2D eigenvalue weighted by Crippen LogP contribution is 2.01. The van der Waals surface area contributed by atoms with Gasteiger partial charge in [-0.2, -0.15) is 0 Å². The molecule has 0 atom stereocenters. The Balaban J connectivity index is 2.61. The first-order valence-electron chi connectivity index (χ1n) is 3.72. The largest absolute Gasteiger partial charge is 0.461 e. The van der Waals surface area contributed by atoms with E-state index in [1.165, 1.54) is 12.3 Å². The fraction of sp³-hybridized carbons (Fsp3) is 0.100. The lowest BCUT2D eigenvalue weighted by Gasteiger charge is -1.84. The van der Waals surface area contributed by atoms with E-state index in [4.69, 9.17) is 4.42 Å². The van der Waals surface area contributed by atoms with Crippen LogP contribution in [0.25, 0.3) is 0 Å². The quantitative estimate of drug-likeness (QED) is 0.388. The van der Waals surface area contributed by atoms with Crippen LogP contribution in [0.5, 0.6) is 0 Å². The first kappa shape index (κ1) is 8.53. The summed E-state index contributed by atoms with van der Waals surface area (Å²) in [7, 11) is 0. The highest BCUT2D eigenvalue weighted by Gasteiger charge is 2.01. The summed E-state index contributed by atoms with van der Waals surface area (Å²) in [5.41, 5.74) is 0. The van der Waals surface area contributed by atoms with E-state index >= 15 is 0 Å². The molecule has 1 heterocycles. The molecule has 0 N–H and O–H groups in total. The zero-order valence-corrected chi connectivity index (χ0v) is 6.86. The van der Waals surface area contributed by atoms with Crippen molar-refractivity contribution in [2.45, 2.75) is 6.92 Å². The second kappa shape index (κ2) is 4.34. The average molecular weight is 162 g/mol. The van der Waals surface area contributed by atoms with Gasteiger partial charge in [0.15, 0.2) is 5.76 Å². The fourth-order valence-corrected chi connectivity index (χ4v) is 0.755. The third-order valence-electron chi connectivity index (χ3n) is 1.32. The molecule has 0 aromatic carbocycles. The van der Waals surface area contributed by atoms with Crippen LogP contribution >= 0.6 is 0 Å². The van der Waals surface area contributed by atoms with Crippen LogP contribution in [-0.2, 0) is 0 Å². The molecule has 12 heavy (non-hydrogen) atoms. The van der Waals surface area contributed by atoms with Gasteiger partial charge in [0, 0.05) is 0 Å². The molecule has 0 saturated carbocycles. The highest BCUT2D eigenvalue weighted by molar-refractivity contribution is 6.02. The Morgan fingerprint density at radius 3 is 2.92 bits per heavy atom. The van der Waals surface area contributed by atoms with Crippen molar-refractivity contribution in [3.8, 4) is 0 Å². The molecule has 1 aromatic heterocycles. The molecule has 0 spiro atoms. The van der Waals surface area contributed by atoms with E-state index in [9.17, 15) is 4.79 Å². The molecule has 62 valence electrons. The van der Waals surface area contributed by atoms with Gasteiger partial charge >= 0.3 is 0 Å². The van der Waals surface area contributed by atoms with Gasteiger partial charge in [0.25, 0.3) is 0 Å². The lowest BCUT2D eigenvalue weighted by molar-refractivity contribution is 0.102. The van der Waals surface area contributed by atoms with Crippen LogP contribution in [0.4, 0.5) is 0 Å². The number of hydrogen-bond donors (Lipinski definition) is 0. The zero-order valence-electron chi connectivity index (χ0n) is 6.86. The smallest absolute Gasteiger partial charge is 0.220 e. The molecule has 0 aliphatic rings. The minimum absolute atomic E-state index is 0.113. The Morgan fingerprint density at radius 2 is 2.33 bits per heavy atom. The third-order valence-corrected chi connectivity index (χ3v) is 1.32. The Bertz CT molecular complexity index is 292. The number of furan rings is 1. The second-order valence-corrected chi connectivity index (χ2v) is 2.23. The van der Waals surface area contributed by atoms with Gasteiger partial charge in [-0.1, -0.05) is 18.2 Å². The summed E-state index contributed by atoms with van der Waals surface area (Å²) in [4.78, 5) is 11.2. The van der Waals surface area contributed by atoms with Crippen molar-refractivity contribution in [1.82, 2.24) is 0 Å². The van der Waals surface area contributed by atoms with Crippen LogP contribution in [0.1, 0.15) is 17.5 Å². The molecule has 1 rings (SSSR count).